The van der Waals surface area contributed by atoms with Crippen LogP contribution in [0.5, 0.6) is 0 Å². The van der Waals surface area contributed by atoms with Crippen molar-refractivity contribution in [1.82, 2.24) is 0 Å². The third kappa shape index (κ3) is 3.02. The van der Waals surface area contributed by atoms with Crippen LogP contribution in [0.3, 0.4) is 0 Å². The fourth-order valence-corrected chi connectivity index (χ4v) is 1.91. The van der Waals surface area contributed by atoms with Gasteiger partial charge in [0.1, 0.15) is 0 Å². The predicted molar refractivity (Wildman–Crippen MR) is 54.5 cm³/mol. The lowest BCUT2D eigenvalue weighted by Crippen LogP contribution is -2.32. The zero-order valence-electron chi connectivity index (χ0n) is 9.52. The molecule has 0 aliphatic heterocycles. The highest BCUT2D eigenvalue weighted by Gasteiger charge is 2.36. The molecule has 0 bridgehead atoms. The molecule has 2 nitrogen and oxygen atoms in total. The van der Waals surface area contributed by atoms with Crippen molar-refractivity contribution in [3.05, 3.63) is 0 Å². The Hall–Kier alpha value is -0.530. The summed E-state index contributed by atoms with van der Waals surface area (Å²) in [6.07, 6.45) is 2.66. The first-order valence-electron chi connectivity index (χ1n) is 5.10. The number of rotatable bonds is 5. The maximum absolute atomic E-state index is 11.6. The number of hydrogen-bond acceptors (Lipinski definition) is 2. The van der Waals surface area contributed by atoms with E-state index in [1.165, 1.54) is 7.11 Å². The van der Waals surface area contributed by atoms with Crippen molar-refractivity contribution in [3.63, 3.8) is 0 Å². The van der Waals surface area contributed by atoms with Crippen molar-refractivity contribution < 1.29 is 9.53 Å². The fourth-order valence-electron chi connectivity index (χ4n) is 1.91. The summed E-state index contributed by atoms with van der Waals surface area (Å²) in [7, 11) is 1.47. The molecule has 0 saturated heterocycles. The summed E-state index contributed by atoms with van der Waals surface area (Å²) in [5.74, 6) is 0.491. The lowest BCUT2D eigenvalue weighted by Gasteiger charge is -2.30. The quantitative estimate of drug-likeness (QED) is 0.617. The minimum atomic E-state index is -0.247. The second-order valence-electron chi connectivity index (χ2n) is 4.08. The van der Waals surface area contributed by atoms with Gasteiger partial charge in [0, 0.05) is 0 Å². The molecule has 0 aliphatic carbocycles. The van der Waals surface area contributed by atoms with Crippen LogP contribution >= 0.6 is 0 Å². The van der Waals surface area contributed by atoms with Crippen molar-refractivity contribution in [1.29, 1.82) is 0 Å². The van der Waals surface area contributed by atoms with Crippen molar-refractivity contribution in [3.8, 4) is 0 Å². The molecule has 0 saturated carbocycles. The first kappa shape index (κ1) is 12.5. The van der Waals surface area contributed by atoms with Gasteiger partial charge < -0.3 is 4.74 Å². The van der Waals surface area contributed by atoms with Gasteiger partial charge in [-0.2, -0.15) is 0 Å². The minimum Gasteiger partial charge on any atom is -0.469 e. The van der Waals surface area contributed by atoms with Crippen LogP contribution in [0.2, 0.25) is 0 Å². The molecule has 0 spiro atoms. The maximum atomic E-state index is 11.6. The number of hydrogen-bond donors (Lipinski definition) is 0. The van der Waals surface area contributed by atoms with E-state index in [9.17, 15) is 4.79 Å². The van der Waals surface area contributed by atoms with Crippen LogP contribution in [0.15, 0.2) is 0 Å². The monoisotopic (exact) mass is 186 g/mol. The Morgan fingerprint density at radius 3 is 2.00 bits per heavy atom. The van der Waals surface area contributed by atoms with Crippen molar-refractivity contribution in [2.24, 2.45) is 11.3 Å². The van der Waals surface area contributed by atoms with Crippen LogP contribution < -0.4 is 0 Å². The molecule has 0 rings (SSSR count). The van der Waals surface area contributed by atoms with Gasteiger partial charge in [0.25, 0.3) is 0 Å². The molecule has 0 unspecified atom stereocenters. The average Bonchev–Trinajstić information content (AvgIpc) is 2.12. The van der Waals surface area contributed by atoms with E-state index < -0.39 is 0 Å². The molecule has 0 amide bonds. The summed E-state index contributed by atoms with van der Waals surface area (Å²) in [6.45, 7) is 8.40. The summed E-state index contributed by atoms with van der Waals surface area (Å²) >= 11 is 0. The van der Waals surface area contributed by atoms with Gasteiger partial charge >= 0.3 is 5.97 Å². The third-order valence-corrected chi connectivity index (χ3v) is 2.77. The summed E-state index contributed by atoms with van der Waals surface area (Å²) in [5, 5.41) is 0. The van der Waals surface area contributed by atoms with Crippen LogP contribution in [-0.2, 0) is 9.53 Å². The Bertz CT molecular complexity index is 157. The Kier molecular flexibility index (Phi) is 5.04. The van der Waals surface area contributed by atoms with Crippen LogP contribution in [0.1, 0.15) is 47.0 Å². The Labute approximate surface area is 81.7 Å². The Balaban J connectivity index is 4.58. The van der Waals surface area contributed by atoms with Gasteiger partial charge in [0.15, 0.2) is 0 Å². The molecule has 0 fully saturated rings. The molecule has 2 heteroatoms. The molecule has 0 aromatic rings. The van der Waals surface area contributed by atoms with Crippen molar-refractivity contribution >= 4 is 5.97 Å². The minimum absolute atomic E-state index is 0.0498. The second kappa shape index (κ2) is 5.25. The van der Waals surface area contributed by atoms with Gasteiger partial charge in [-0.25, -0.2) is 0 Å². The number of ether oxygens (including phenoxy) is 1. The van der Waals surface area contributed by atoms with E-state index in [-0.39, 0.29) is 11.4 Å². The number of carbonyl (C=O) groups excluding carboxylic acids is 1. The molecular weight excluding hydrogens is 164 g/mol. The van der Waals surface area contributed by atoms with E-state index in [4.69, 9.17) is 4.74 Å². The summed E-state index contributed by atoms with van der Waals surface area (Å²) in [4.78, 5) is 11.6. The zero-order valence-corrected chi connectivity index (χ0v) is 9.52. The molecule has 0 aliphatic rings. The van der Waals surface area contributed by atoms with E-state index in [1.807, 2.05) is 0 Å². The topological polar surface area (TPSA) is 26.3 Å². The Morgan fingerprint density at radius 2 is 1.77 bits per heavy atom. The highest BCUT2D eigenvalue weighted by atomic mass is 16.5. The first-order valence-corrected chi connectivity index (χ1v) is 5.10. The Morgan fingerprint density at radius 1 is 1.31 bits per heavy atom. The molecule has 0 aromatic heterocycles. The van der Waals surface area contributed by atoms with Gasteiger partial charge in [0.2, 0.25) is 0 Å². The molecule has 13 heavy (non-hydrogen) atoms. The van der Waals surface area contributed by atoms with E-state index >= 15 is 0 Å². The van der Waals surface area contributed by atoms with Gasteiger partial charge in [-0.05, 0) is 25.2 Å². The molecule has 0 radical (unpaired) electrons. The molecule has 0 atom stereocenters. The number of esters is 1. The average molecular weight is 186 g/mol. The molecule has 78 valence electrons. The summed E-state index contributed by atoms with van der Waals surface area (Å²) in [5.41, 5.74) is -0.247. The van der Waals surface area contributed by atoms with Gasteiger partial charge in [0.05, 0.1) is 12.5 Å². The normalized spacial score (nSPS) is 11.8. The SMILES string of the molecule is CCC(CC)(CC(C)C)C(=O)OC. The standard InChI is InChI=1S/C11H22O2/c1-6-11(7-2,8-9(3)4)10(12)13-5/h9H,6-8H2,1-5H3. The van der Waals surface area contributed by atoms with Crippen LogP contribution in [0, 0.1) is 11.3 Å². The van der Waals surface area contributed by atoms with Gasteiger partial charge in [-0.3, -0.25) is 4.79 Å². The molecule has 0 heterocycles. The molecular formula is C11H22O2. The fraction of sp³-hybridized carbons (Fsp3) is 0.909. The van der Waals surface area contributed by atoms with Crippen LogP contribution in [0.4, 0.5) is 0 Å². The first-order chi connectivity index (χ1) is 6.02. The molecule has 0 aromatic carbocycles. The largest absolute Gasteiger partial charge is 0.469 e. The van der Waals surface area contributed by atoms with E-state index in [0.29, 0.717) is 5.92 Å². The van der Waals surface area contributed by atoms with Crippen molar-refractivity contribution in [2.45, 2.75) is 47.0 Å². The van der Waals surface area contributed by atoms with Crippen LogP contribution in [-0.4, -0.2) is 13.1 Å². The second-order valence-corrected chi connectivity index (χ2v) is 4.08. The number of methoxy groups -OCH3 is 1. The lowest BCUT2D eigenvalue weighted by molar-refractivity contribution is -0.154. The van der Waals surface area contributed by atoms with Gasteiger partial charge in [-0.15, -0.1) is 0 Å². The predicted octanol–water partition coefficient (Wildman–Crippen LogP) is 3.01. The highest BCUT2D eigenvalue weighted by Crippen LogP contribution is 2.35. The summed E-state index contributed by atoms with van der Waals surface area (Å²) < 4.78 is 4.86. The zero-order chi connectivity index (χ0) is 10.5. The lowest BCUT2D eigenvalue weighted by atomic mass is 9.76. The third-order valence-electron chi connectivity index (χ3n) is 2.77. The van der Waals surface area contributed by atoms with Crippen molar-refractivity contribution in [2.75, 3.05) is 7.11 Å². The number of carbonyl (C=O) groups is 1. The maximum Gasteiger partial charge on any atom is 0.311 e. The highest BCUT2D eigenvalue weighted by molar-refractivity contribution is 5.76. The van der Waals surface area contributed by atoms with E-state index in [2.05, 4.69) is 27.7 Å². The van der Waals surface area contributed by atoms with Gasteiger partial charge in [-0.1, -0.05) is 27.7 Å². The van der Waals surface area contributed by atoms with E-state index in [0.717, 1.165) is 19.3 Å². The summed E-state index contributed by atoms with van der Waals surface area (Å²) in [6, 6.07) is 0. The smallest absolute Gasteiger partial charge is 0.311 e. The van der Waals surface area contributed by atoms with Crippen LogP contribution in [0.25, 0.3) is 0 Å². The molecule has 0 N–H and O–H groups in total. The van der Waals surface area contributed by atoms with E-state index in [1.54, 1.807) is 0 Å².